The van der Waals surface area contributed by atoms with Crippen LogP contribution < -0.4 is 10.9 Å². The summed E-state index contributed by atoms with van der Waals surface area (Å²) in [5.74, 6) is 0.106. The second kappa shape index (κ2) is 5.41. The van der Waals surface area contributed by atoms with Gasteiger partial charge in [-0.15, -0.1) is 0 Å². The lowest BCUT2D eigenvalue weighted by Crippen LogP contribution is -2.24. The number of imidazole rings is 1. The Bertz CT molecular complexity index is 698. The standard InChI is InChI=1S/C11H15N5O5/c17-2-6-5(19)1-7(21-6)16-3-12-8-9(16)14-11(13-4-18)15-10(8)20/h3,5-7,17-19H,1-2,4H2,(H2,13,14,15,20)/t5-,6+,7+/m0/s1. The molecule has 21 heavy (non-hydrogen) atoms. The molecule has 0 saturated carbocycles. The molecule has 2 aromatic heterocycles. The van der Waals surface area contributed by atoms with E-state index >= 15 is 0 Å². The molecule has 2 aromatic rings. The summed E-state index contributed by atoms with van der Waals surface area (Å²) in [4.78, 5) is 22.4. The van der Waals surface area contributed by atoms with E-state index in [0.29, 0.717) is 0 Å². The average molecular weight is 297 g/mol. The van der Waals surface area contributed by atoms with Gasteiger partial charge in [0.15, 0.2) is 11.2 Å². The molecule has 0 amide bonds. The van der Waals surface area contributed by atoms with Gasteiger partial charge in [0, 0.05) is 6.42 Å². The first-order valence-electron chi connectivity index (χ1n) is 6.40. The van der Waals surface area contributed by atoms with Crippen molar-refractivity contribution in [3.05, 3.63) is 16.7 Å². The van der Waals surface area contributed by atoms with Crippen molar-refractivity contribution < 1.29 is 20.1 Å². The van der Waals surface area contributed by atoms with Crippen molar-refractivity contribution in [3.8, 4) is 0 Å². The monoisotopic (exact) mass is 297 g/mol. The van der Waals surface area contributed by atoms with Gasteiger partial charge in [0.05, 0.1) is 19.0 Å². The Morgan fingerprint density at radius 2 is 2.33 bits per heavy atom. The van der Waals surface area contributed by atoms with Gasteiger partial charge < -0.3 is 25.4 Å². The number of aromatic amines is 1. The minimum atomic E-state index is -0.797. The van der Waals surface area contributed by atoms with Crippen molar-refractivity contribution in [1.82, 2.24) is 19.5 Å². The van der Waals surface area contributed by atoms with Gasteiger partial charge >= 0.3 is 0 Å². The number of fused-ring (bicyclic) bond motifs is 1. The van der Waals surface area contributed by atoms with E-state index in [9.17, 15) is 9.90 Å². The molecule has 0 unspecified atom stereocenters. The summed E-state index contributed by atoms with van der Waals surface area (Å²) >= 11 is 0. The smallest absolute Gasteiger partial charge is 0.280 e. The minimum absolute atomic E-state index is 0.106. The van der Waals surface area contributed by atoms with Crippen LogP contribution in [0.5, 0.6) is 0 Å². The van der Waals surface area contributed by atoms with E-state index in [2.05, 4.69) is 20.3 Å². The highest BCUT2D eigenvalue weighted by atomic mass is 16.5. The molecular weight excluding hydrogens is 282 g/mol. The predicted molar refractivity (Wildman–Crippen MR) is 70.5 cm³/mol. The number of nitrogens with zero attached hydrogens (tertiary/aromatic N) is 3. The molecule has 0 aliphatic carbocycles. The summed E-state index contributed by atoms with van der Waals surface area (Å²) in [6, 6.07) is 0. The highest BCUT2D eigenvalue weighted by Gasteiger charge is 2.35. The van der Waals surface area contributed by atoms with Gasteiger partial charge in [-0.3, -0.25) is 14.3 Å². The number of ether oxygens (including phenoxy) is 1. The van der Waals surface area contributed by atoms with Crippen molar-refractivity contribution in [3.63, 3.8) is 0 Å². The number of rotatable bonds is 4. The van der Waals surface area contributed by atoms with Gasteiger partial charge in [0.25, 0.3) is 5.56 Å². The SMILES string of the molecule is O=c1[nH]c(NCO)nc2c1ncn2[C@H]1C[C@H](O)[C@@H](CO)O1. The first kappa shape index (κ1) is 13.9. The quantitative estimate of drug-likeness (QED) is 0.412. The van der Waals surface area contributed by atoms with E-state index in [4.69, 9.17) is 14.9 Å². The van der Waals surface area contributed by atoms with E-state index in [1.807, 2.05) is 0 Å². The van der Waals surface area contributed by atoms with Crippen molar-refractivity contribution >= 4 is 17.1 Å². The molecule has 0 radical (unpaired) electrons. The Labute approximate surface area is 118 Å². The van der Waals surface area contributed by atoms with Crippen LogP contribution in [0.1, 0.15) is 12.6 Å². The first-order chi connectivity index (χ1) is 10.1. The summed E-state index contributed by atoms with van der Waals surface area (Å²) in [5.41, 5.74) is -0.0542. The lowest BCUT2D eigenvalue weighted by atomic mass is 10.2. The fraction of sp³-hybridized carbons (Fsp3) is 0.545. The molecule has 3 rings (SSSR count). The van der Waals surface area contributed by atoms with Crippen LogP contribution in [0, 0.1) is 0 Å². The van der Waals surface area contributed by atoms with Crippen LogP contribution in [0.3, 0.4) is 0 Å². The molecule has 1 aliphatic heterocycles. The summed E-state index contributed by atoms with van der Waals surface area (Å²) in [7, 11) is 0. The summed E-state index contributed by atoms with van der Waals surface area (Å²) in [6.45, 7) is -0.677. The highest BCUT2D eigenvalue weighted by Crippen LogP contribution is 2.30. The van der Waals surface area contributed by atoms with Crippen LogP contribution >= 0.6 is 0 Å². The molecule has 10 nitrogen and oxygen atoms in total. The Morgan fingerprint density at radius 1 is 1.52 bits per heavy atom. The maximum absolute atomic E-state index is 11.9. The Hall–Kier alpha value is -2.01. The Kier molecular flexibility index (Phi) is 3.59. The topological polar surface area (TPSA) is 146 Å². The van der Waals surface area contributed by atoms with Gasteiger partial charge in [-0.25, -0.2) is 4.98 Å². The largest absolute Gasteiger partial charge is 0.394 e. The second-order valence-electron chi connectivity index (χ2n) is 4.69. The maximum atomic E-state index is 11.9. The van der Waals surface area contributed by atoms with Crippen LogP contribution in [-0.2, 0) is 4.74 Å². The number of aliphatic hydroxyl groups is 3. The molecule has 3 atom stereocenters. The number of anilines is 1. The fourth-order valence-corrected chi connectivity index (χ4v) is 2.35. The summed E-state index contributed by atoms with van der Waals surface area (Å²) in [5, 5.41) is 30.2. The third-order valence-electron chi connectivity index (χ3n) is 3.37. The predicted octanol–water partition coefficient (Wildman–Crippen LogP) is -1.88. The molecule has 1 fully saturated rings. The van der Waals surface area contributed by atoms with E-state index < -0.39 is 24.0 Å². The molecule has 3 heterocycles. The van der Waals surface area contributed by atoms with E-state index in [0.717, 1.165) is 0 Å². The Morgan fingerprint density at radius 3 is 3.00 bits per heavy atom. The number of H-pyrrole nitrogens is 1. The van der Waals surface area contributed by atoms with Crippen LogP contribution in [0.15, 0.2) is 11.1 Å². The third kappa shape index (κ3) is 2.38. The fourth-order valence-electron chi connectivity index (χ4n) is 2.35. The third-order valence-corrected chi connectivity index (χ3v) is 3.37. The summed E-state index contributed by atoms with van der Waals surface area (Å²) in [6.07, 6.45) is -0.391. The maximum Gasteiger partial charge on any atom is 0.280 e. The van der Waals surface area contributed by atoms with Crippen molar-refractivity contribution in [1.29, 1.82) is 0 Å². The number of hydrogen-bond donors (Lipinski definition) is 5. The number of nitrogens with one attached hydrogen (secondary N) is 2. The minimum Gasteiger partial charge on any atom is -0.394 e. The zero-order valence-corrected chi connectivity index (χ0v) is 10.9. The second-order valence-corrected chi connectivity index (χ2v) is 4.69. The van der Waals surface area contributed by atoms with Gasteiger partial charge in [-0.1, -0.05) is 0 Å². The first-order valence-corrected chi connectivity index (χ1v) is 6.40. The molecule has 0 aromatic carbocycles. The van der Waals surface area contributed by atoms with E-state index in [1.54, 1.807) is 0 Å². The van der Waals surface area contributed by atoms with Gasteiger partial charge in [0.1, 0.15) is 19.1 Å². The molecule has 0 bridgehead atoms. The molecular formula is C11H15N5O5. The number of hydrogen-bond acceptors (Lipinski definition) is 8. The van der Waals surface area contributed by atoms with Crippen molar-refractivity contribution in [2.45, 2.75) is 24.9 Å². The van der Waals surface area contributed by atoms with Gasteiger partial charge in [-0.2, -0.15) is 4.98 Å². The van der Waals surface area contributed by atoms with E-state index in [1.165, 1.54) is 10.9 Å². The highest BCUT2D eigenvalue weighted by molar-refractivity contribution is 5.70. The normalized spacial score (nSPS) is 25.6. The summed E-state index contributed by atoms with van der Waals surface area (Å²) < 4.78 is 7.04. The lowest BCUT2D eigenvalue weighted by Gasteiger charge is -2.13. The Balaban J connectivity index is 2.01. The van der Waals surface area contributed by atoms with Crippen molar-refractivity contribution in [2.24, 2.45) is 0 Å². The number of aliphatic hydroxyl groups excluding tert-OH is 3. The number of aromatic nitrogens is 4. The molecule has 114 valence electrons. The zero-order chi connectivity index (χ0) is 15.0. The average Bonchev–Trinajstić information content (AvgIpc) is 3.02. The van der Waals surface area contributed by atoms with Crippen LogP contribution in [0.25, 0.3) is 11.2 Å². The van der Waals surface area contributed by atoms with E-state index in [-0.39, 0.29) is 36.9 Å². The molecule has 0 spiro atoms. The van der Waals surface area contributed by atoms with Crippen molar-refractivity contribution in [2.75, 3.05) is 18.7 Å². The van der Waals surface area contributed by atoms with Crippen LogP contribution in [0.4, 0.5) is 5.95 Å². The van der Waals surface area contributed by atoms with Crippen LogP contribution in [0.2, 0.25) is 0 Å². The van der Waals surface area contributed by atoms with Crippen LogP contribution in [-0.4, -0.2) is 60.4 Å². The van der Waals surface area contributed by atoms with Gasteiger partial charge in [-0.05, 0) is 0 Å². The molecule has 5 N–H and O–H groups in total. The molecule has 10 heteroatoms. The van der Waals surface area contributed by atoms with Gasteiger partial charge in [0.2, 0.25) is 5.95 Å². The zero-order valence-electron chi connectivity index (χ0n) is 10.9. The molecule has 1 aliphatic rings. The lowest BCUT2D eigenvalue weighted by molar-refractivity contribution is -0.0432. The molecule has 1 saturated heterocycles.